The number of benzene rings is 1. The van der Waals surface area contributed by atoms with Crippen LogP contribution in [0.25, 0.3) is 10.9 Å². The van der Waals surface area contributed by atoms with Crippen LogP contribution in [0, 0.1) is 0 Å². The van der Waals surface area contributed by atoms with Gasteiger partial charge in [-0.15, -0.1) is 0 Å². The fourth-order valence-corrected chi connectivity index (χ4v) is 3.27. The van der Waals surface area contributed by atoms with Gasteiger partial charge >= 0.3 is 0 Å². The number of hydrogen-bond donors (Lipinski definition) is 1. The van der Waals surface area contributed by atoms with Crippen LogP contribution in [0.15, 0.2) is 28.9 Å². The van der Waals surface area contributed by atoms with E-state index in [1.807, 2.05) is 18.3 Å². The van der Waals surface area contributed by atoms with Crippen molar-refractivity contribution in [2.75, 3.05) is 36.8 Å². The summed E-state index contributed by atoms with van der Waals surface area (Å²) in [5.41, 5.74) is 9.07. The van der Waals surface area contributed by atoms with Gasteiger partial charge in [0.15, 0.2) is 0 Å². The van der Waals surface area contributed by atoms with Crippen LogP contribution in [0.2, 0.25) is 0 Å². The maximum absolute atomic E-state index is 6.10. The van der Waals surface area contributed by atoms with Crippen LogP contribution in [0.3, 0.4) is 0 Å². The summed E-state index contributed by atoms with van der Waals surface area (Å²) in [5, 5.41) is 1.02. The number of pyridine rings is 1. The molecule has 21 heavy (non-hydrogen) atoms. The van der Waals surface area contributed by atoms with Crippen LogP contribution in [0.1, 0.15) is 13.8 Å². The molecular formula is C16H21BrN4. The normalized spacial score (nSPS) is 16.9. The fourth-order valence-electron chi connectivity index (χ4n) is 2.94. The first-order valence-electron chi connectivity index (χ1n) is 7.39. The van der Waals surface area contributed by atoms with Gasteiger partial charge in [-0.3, -0.25) is 9.88 Å². The summed E-state index contributed by atoms with van der Waals surface area (Å²) in [4.78, 5) is 9.52. The van der Waals surface area contributed by atoms with E-state index in [-0.39, 0.29) is 0 Å². The maximum atomic E-state index is 6.10. The maximum Gasteiger partial charge on any atom is 0.0956 e. The Balaban J connectivity index is 1.93. The van der Waals surface area contributed by atoms with Crippen molar-refractivity contribution in [2.45, 2.75) is 19.9 Å². The number of nitrogens with zero attached hydrogens (tertiary/aromatic N) is 3. The Morgan fingerprint density at radius 3 is 2.57 bits per heavy atom. The number of nitrogen functional groups attached to an aromatic ring is 1. The summed E-state index contributed by atoms with van der Waals surface area (Å²) in [6.07, 6.45) is 1.84. The molecule has 4 nitrogen and oxygen atoms in total. The molecule has 112 valence electrons. The average molecular weight is 349 g/mol. The Morgan fingerprint density at radius 2 is 1.90 bits per heavy atom. The monoisotopic (exact) mass is 348 g/mol. The van der Waals surface area contributed by atoms with Gasteiger partial charge in [-0.2, -0.15) is 0 Å². The summed E-state index contributed by atoms with van der Waals surface area (Å²) >= 11 is 3.47. The van der Waals surface area contributed by atoms with E-state index in [1.54, 1.807) is 0 Å². The second-order valence-corrected chi connectivity index (χ2v) is 6.76. The van der Waals surface area contributed by atoms with Crippen molar-refractivity contribution < 1.29 is 0 Å². The van der Waals surface area contributed by atoms with Gasteiger partial charge in [0.1, 0.15) is 0 Å². The van der Waals surface area contributed by atoms with E-state index in [0.29, 0.717) is 6.04 Å². The van der Waals surface area contributed by atoms with E-state index in [4.69, 9.17) is 5.73 Å². The summed E-state index contributed by atoms with van der Waals surface area (Å²) < 4.78 is 0.962. The van der Waals surface area contributed by atoms with Crippen molar-refractivity contribution in [3.63, 3.8) is 0 Å². The molecule has 1 fully saturated rings. The molecule has 0 spiro atoms. The lowest BCUT2D eigenvalue weighted by Gasteiger charge is -2.38. The number of anilines is 2. The highest BCUT2D eigenvalue weighted by molar-refractivity contribution is 9.10. The second-order valence-electron chi connectivity index (χ2n) is 5.84. The zero-order valence-electron chi connectivity index (χ0n) is 12.5. The minimum Gasteiger partial charge on any atom is -0.398 e. The molecule has 0 bridgehead atoms. The first kappa shape index (κ1) is 14.6. The Morgan fingerprint density at radius 1 is 1.19 bits per heavy atom. The summed E-state index contributed by atoms with van der Waals surface area (Å²) in [6, 6.07) is 6.75. The van der Waals surface area contributed by atoms with Gasteiger partial charge in [0.2, 0.25) is 0 Å². The molecule has 1 aromatic carbocycles. The minimum absolute atomic E-state index is 0.615. The SMILES string of the molecule is CC(C)N1CCN(c2ccc(N)c3cc(Br)cnc23)CC1. The third kappa shape index (κ3) is 2.85. The van der Waals surface area contributed by atoms with Crippen molar-refractivity contribution in [3.8, 4) is 0 Å². The highest BCUT2D eigenvalue weighted by Crippen LogP contribution is 2.31. The molecule has 1 saturated heterocycles. The van der Waals surface area contributed by atoms with Crippen LogP contribution in [-0.2, 0) is 0 Å². The molecule has 0 unspecified atom stereocenters. The van der Waals surface area contributed by atoms with Gasteiger partial charge in [-0.25, -0.2) is 0 Å². The van der Waals surface area contributed by atoms with Crippen LogP contribution in [0.5, 0.6) is 0 Å². The molecule has 0 amide bonds. The predicted octanol–water partition coefficient (Wildman–Crippen LogP) is 3.11. The Bertz CT molecular complexity index is 648. The number of hydrogen-bond acceptors (Lipinski definition) is 4. The van der Waals surface area contributed by atoms with Crippen molar-refractivity contribution in [3.05, 3.63) is 28.9 Å². The summed E-state index contributed by atoms with van der Waals surface area (Å²) in [5.74, 6) is 0. The molecule has 5 heteroatoms. The van der Waals surface area contributed by atoms with Crippen LogP contribution in [-0.4, -0.2) is 42.1 Å². The topological polar surface area (TPSA) is 45.4 Å². The fraction of sp³-hybridized carbons (Fsp3) is 0.438. The Kier molecular flexibility index (Phi) is 4.04. The number of fused-ring (bicyclic) bond motifs is 1. The lowest BCUT2D eigenvalue weighted by Crippen LogP contribution is -2.49. The number of halogens is 1. The lowest BCUT2D eigenvalue weighted by atomic mass is 10.1. The van der Waals surface area contributed by atoms with E-state index >= 15 is 0 Å². The highest BCUT2D eigenvalue weighted by Gasteiger charge is 2.21. The van der Waals surface area contributed by atoms with E-state index in [2.05, 4.69) is 50.6 Å². The van der Waals surface area contributed by atoms with E-state index in [1.165, 1.54) is 5.69 Å². The number of piperazine rings is 1. The predicted molar refractivity (Wildman–Crippen MR) is 92.8 cm³/mol. The molecule has 2 N–H and O–H groups in total. The second kappa shape index (κ2) is 5.81. The highest BCUT2D eigenvalue weighted by atomic mass is 79.9. The molecule has 2 heterocycles. The molecule has 0 radical (unpaired) electrons. The quantitative estimate of drug-likeness (QED) is 0.847. The van der Waals surface area contributed by atoms with Gasteiger partial charge in [0.25, 0.3) is 0 Å². The van der Waals surface area contributed by atoms with E-state index in [0.717, 1.165) is 47.2 Å². The first-order chi connectivity index (χ1) is 10.1. The molecule has 1 aliphatic rings. The molecule has 1 aromatic heterocycles. The lowest BCUT2D eigenvalue weighted by molar-refractivity contribution is 0.209. The minimum atomic E-state index is 0.615. The van der Waals surface area contributed by atoms with E-state index < -0.39 is 0 Å². The summed E-state index contributed by atoms with van der Waals surface area (Å²) in [7, 11) is 0. The zero-order chi connectivity index (χ0) is 15.0. The molecule has 0 aliphatic carbocycles. The molecule has 2 aromatic rings. The number of nitrogens with two attached hydrogens (primary N) is 1. The van der Waals surface area contributed by atoms with Crippen molar-refractivity contribution in [2.24, 2.45) is 0 Å². The van der Waals surface area contributed by atoms with Crippen molar-refractivity contribution in [1.82, 2.24) is 9.88 Å². The van der Waals surface area contributed by atoms with Crippen molar-refractivity contribution in [1.29, 1.82) is 0 Å². The average Bonchev–Trinajstić information content (AvgIpc) is 2.48. The molecule has 3 rings (SSSR count). The van der Waals surface area contributed by atoms with Crippen LogP contribution >= 0.6 is 15.9 Å². The standard InChI is InChI=1S/C16H21BrN4/c1-11(2)20-5-7-21(8-6-20)15-4-3-14(18)13-9-12(17)10-19-16(13)15/h3-4,9-11H,5-8,18H2,1-2H3. The molecule has 1 aliphatic heterocycles. The van der Waals surface area contributed by atoms with Crippen molar-refractivity contribution >= 4 is 38.2 Å². The van der Waals surface area contributed by atoms with E-state index in [9.17, 15) is 0 Å². The van der Waals surface area contributed by atoms with Crippen LogP contribution < -0.4 is 10.6 Å². The van der Waals surface area contributed by atoms with Gasteiger partial charge in [-0.05, 0) is 48.0 Å². The smallest absolute Gasteiger partial charge is 0.0956 e. The number of aromatic nitrogens is 1. The largest absolute Gasteiger partial charge is 0.398 e. The third-order valence-electron chi connectivity index (χ3n) is 4.21. The zero-order valence-corrected chi connectivity index (χ0v) is 14.1. The van der Waals surface area contributed by atoms with Gasteiger partial charge in [0.05, 0.1) is 11.2 Å². The molecule has 0 saturated carbocycles. The van der Waals surface area contributed by atoms with Gasteiger partial charge < -0.3 is 10.6 Å². The van der Waals surface area contributed by atoms with Gasteiger partial charge in [0, 0.05) is 54.0 Å². The third-order valence-corrected chi connectivity index (χ3v) is 4.65. The van der Waals surface area contributed by atoms with Gasteiger partial charge in [-0.1, -0.05) is 0 Å². The Labute approximate surface area is 134 Å². The Hall–Kier alpha value is -1.33. The first-order valence-corrected chi connectivity index (χ1v) is 8.18. The number of rotatable bonds is 2. The molecular weight excluding hydrogens is 328 g/mol. The summed E-state index contributed by atoms with van der Waals surface area (Å²) in [6.45, 7) is 8.78. The molecule has 0 atom stereocenters. The van der Waals surface area contributed by atoms with Crippen LogP contribution in [0.4, 0.5) is 11.4 Å².